The molecule has 15 heavy (non-hydrogen) atoms. The predicted octanol–water partition coefficient (Wildman–Crippen LogP) is 2.24. The number of ether oxygens (including phenoxy) is 1. The van der Waals surface area contributed by atoms with Crippen molar-refractivity contribution in [2.24, 2.45) is 0 Å². The second kappa shape index (κ2) is 5.20. The molecule has 0 atom stereocenters. The van der Waals surface area contributed by atoms with Crippen LogP contribution < -0.4 is 5.73 Å². The number of carbonyl (C=O) groups excluding carboxylic acids is 1. The Hall–Kier alpha value is -1.77. The molecule has 1 rings (SSSR count). The van der Waals surface area contributed by atoms with Gasteiger partial charge in [0.05, 0.1) is 6.61 Å². The van der Waals surface area contributed by atoms with Crippen LogP contribution in [0.15, 0.2) is 29.8 Å². The highest BCUT2D eigenvalue weighted by atomic mass is 16.5. The van der Waals surface area contributed by atoms with Gasteiger partial charge in [-0.05, 0) is 31.6 Å². The number of nitrogens with two attached hydrogens (primary N) is 1. The maximum Gasteiger partial charge on any atom is 0.333 e. The third kappa shape index (κ3) is 3.13. The van der Waals surface area contributed by atoms with E-state index in [0.29, 0.717) is 17.9 Å². The molecule has 0 aromatic heterocycles. The first-order chi connectivity index (χ1) is 7.15. The maximum atomic E-state index is 11.3. The van der Waals surface area contributed by atoms with Gasteiger partial charge in [-0.3, -0.25) is 0 Å². The molecule has 1 aromatic carbocycles. The van der Waals surface area contributed by atoms with Gasteiger partial charge in [-0.25, -0.2) is 4.79 Å². The van der Waals surface area contributed by atoms with Crippen molar-refractivity contribution in [3.8, 4) is 0 Å². The predicted molar refractivity (Wildman–Crippen MR) is 61.1 cm³/mol. The maximum absolute atomic E-state index is 11.3. The first-order valence-electron chi connectivity index (χ1n) is 4.85. The molecule has 0 fully saturated rings. The Morgan fingerprint density at radius 3 is 2.73 bits per heavy atom. The lowest BCUT2D eigenvalue weighted by Crippen LogP contribution is -2.05. The SMILES string of the molecule is CCOC(=O)/C(C)=C\c1ccccc1N. The first-order valence-corrected chi connectivity index (χ1v) is 4.85. The Bertz CT molecular complexity index is 383. The highest BCUT2D eigenvalue weighted by Gasteiger charge is 2.04. The summed E-state index contributed by atoms with van der Waals surface area (Å²) in [6.07, 6.45) is 1.73. The zero-order valence-corrected chi connectivity index (χ0v) is 8.99. The van der Waals surface area contributed by atoms with Crippen molar-refractivity contribution in [3.63, 3.8) is 0 Å². The van der Waals surface area contributed by atoms with E-state index in [2.05, 4.69) is 0 Å². The summed E-state index contributed by atoms with van der Waals surface area (Å²) in [4.78, 5) is 11.3. The summed E-state index contributed by atoms with van der Waals surface area (Å²) in [6, 6.07) is 7.38. The lowest BCUT2D eigenvalue weighted by Gasteiger charge is -2.03. The van der Waals surface area contributed by atoms with Gasteiger partial charge in [0, 0.05) is 11.3 Å². The number of hydrogen-bond donors (Lipinski definition) is 1. The summed E-state index contributed by atoms with van der Waals surface area (Å²) >= 11 is 0. The minimum absolute atomic E-state index is 0.305. The van der Waals surface area contributed by atoms with Gasteiger partial charge in [0.2, 0.25) is 0 Å². The average molecular weight is 205 g/mol. The second-order valence-electron chi connectivity index (χ2n) is 3.18. The molecule has 0 radical (unpaired) electrons. The van der Waals surface area contributed by atoms with E-state index in [1.165, 1.54) is 0 Å². The molecule has 1 aromatic rings. The average Bonchev–Trinajstić information content (AvgIpc) is 2.21. The van der Waals surface area contributed by atoms with Crippen LogP contribution in [0.1, 0.15) is 19.4 Å². The van der Waals surface area contributed by atoms with Crippen LogP contribution >= 0.6 is 0 Å². The summed E-state index contributed by atoms with van der Waals surface area (Å²) < 4.78 is 4.87. The molecule has 3 heteroatoms. The normalized spacial score (nSPS) is 11.2. The van der Waals surface area contributed by atoms with Crippen LogP contribution in [-0.4, -0.2) is 12.6 Å². The van der Waals surface area contributed by atoms with Gasteiger partial charge in [0.1, 0.15) is 0 Å². The van der Waals surface area contributed by atoms with Crippen LogP contribution in [0.2, 0.25) is 0 Å². The fraction of sp³-hybridized carbons (Fsp3) is 0.250. The molecule has 0 spiro atoms. The van der Waals surface area contributed by atoms with Crippen molar-refractivity contribution in [1.82, 2.24) is 0 Å². The van der Waals surface area contributed by atoms with E-state index in [1.807, 2.05) is 18.2 Å². The molecule has 0 saturated heterocycles. The molecule has 0 aliphatic carbocycles. The molecule has 0 amide bonds. The van der Waals surface area contributed by atoms with E-state index >= 15 is 0 Å². The van der Waals surface area contributed by atoms with Crippen LogP contribution in [0.25, 0.3) is 6.08 Å². The van der Waals surface area contributed by atoms with Crippen LogP contribution in [0, 0.1) is 0 Å². The smallest absolute Gasteiger partial charge is 0.333 e. The minimum Gasteiger partial charge on any atom is -0.463 e. The van der Waals surface area contributed by atoms with Gasteiger partial charge >= 0.3 is 5.97 Å². The summed E-state index contributed by atoms with van der Waals surface area (Å²) in [5.41, 5.74) is 7.79. The van der Waals surface area contributed by atoms with Crippen LogP contribution in [0.4, 0.5) is 5.69 Å². The molecule has 0 heterocycles. The summed E-state index contributed by atoms with van der Waals surface area (Å²) in [5.74, 6) is -0.305. The molecule has 0 aliphatic heterocycles. The van der Waals surface area contributed by atoms with E-state index in [4.69, 9.17) is 10.5 Å². The van der Waals surface area contributed by atoms with Crippen molar-refractivity contribution in [2.75, 3.05) is 12.3 Å². The third-order valence-corrected chi connectivity index (χ3v) is 1.97. The monoisotopic (exact) mass is 205 g/mol. The van der Waals surface area contributed by atoms with Crippen molar-refractivity contribution >= 4 is 17.7 Å². The summed E-state index contributed by atoms with van der Waals surface area (Å²) in [7, 11) is 0. The molecule has 80 valence electrons. The van der Waals surface area contributed by atoms with Gasteiger partial charge in [0.15, 0.2) is 0 Å². The van der Waals surface area contributed by atoms with E-state index in [1.54, 1.807) is 26.0 Å². The van der Waals surface area contributed by atoms with Gasteiger partial charge in [0.25, 0.3) is 0 Å². The molecule has 2 N–H and O–H groups in total. The topological polar surface area (TPSA) is 52.3 Å². The molecule has 0 bridgehead atoms. The largest absolute Gasteiger partial charge is 0.463 e. The Morgan fingerprint density at radius 1 is 1.47 bits per heavy atom. The molecule has 0 aliphatic rings. The Balaban J connectivity index is 2.88. The summed E-state index contributed by atoms with van der Waals surface area (Å²) in [6.45, 7) is 3.88. The highest BCUT2D eigenvalue weighted by Crippen LogP contribution is 2.15. The number of para-hydroxylation sites is 1. The molecule has 0 unspecified atom stereocenters. The molecule has 3 nitrogen and oxygen atoms in total. The second-order valence-corrected chi connectivity index (χ2v) is 3.18. The van der Waals surface area contributed by atoms with Crippen LogP contribution in [0.5, 0.6) is 0 Å². The van der Waals surface area contributed by atoms with Gasteiger partial charge in [-0.2, -0.15) is 0 Å². The van der Waals surface area contributed by atoms with Crippen molar-refractivity contribution in [1.29, 1.82) is 0 Å². The molecular formula is C12H15NO2. The Labute approximate surface area is 89.5 Å². The highest BCUT2D eigenvalue weighted by molar-refractivity contribution is 5.93. The van der Waals surface area contributed by atoms with Crippen molar-refractivity contribution in [3.05, 3.63) is 35.4 Å². The number of nitrogen functional groups attached to an aromatic ring is 1. The lowest BCUT2D eigenvalue weighted by atomic mass is 10.1. The quantitative estimate of drug-likeness (QED) is 0.467. The number of hydrogen-bond acceptors (Lipinski definition) is 3. The van der Waals surface area contributed by atoms with Gasteiger partial charge in [-0.15, -0.1) is 0 Å². The number of esters is 1. The zero-order chi connectivity index (χ0) is 11.3. The van der Waals surface area contributed by atoms with Gasteiger partial charge in [-0.1, -0.05) is 18.2 Å². The third-order valence-electron chi connectivity index (χ3n) is 1.97. The first kappa shape index (κ1) is 11.3. The number of anilines is 1. The minimum atomic E-state index is -0.305. The fourth-order valence-electron chi connectivity index (χ4n) is 1.18. The number of carbonyl (C=O) groups is 1. The van der Waals surface area contributed by atoms with Crippen LogP contribution in [0.3, 0.4) is 0 Å². The van der Waals surface area contributed by atoms with Crippen molar-refractivity contribution in [2.45, 2.75) is 13.8 Å². The zero-order valence-electron chi connectivity index (χ0n) is 8.99. The Morgan fingerprint density at radius 2 is 2.13 bits per heavy atom. The summed E-state index contributed by atoms with van der Waals surface area (Å²) in [5, 5.41) is 0. The number of rotatable bonds is 3. The van der Waals surface area contributed by atoms with E-state index < -0.39 is 0 Å². The Kier molecular flexibility index (Phi) is 3.92. The fourth-order valence-corrected chi connectivity index (χ4v) is 1.18. The number of benzene rings is 1. The molecular weight excluding hydrogens is 190 g/mol. The molecule has 0 saturated carbocycles. The van der Waals surface area contributed by atoms with Crippen molar-refractivity contribution < 1.29 is 9.53 Å². The standard InChI is InChI=1S/C12H15NO2/c1-3-15-12(14)9(2)8-10-6-4-5-7-11(10)13/h4-8H,3,13H2,1-2H3/b9-8-. The van der Waals surface area contributed by atoms with E-state index in [0.717, 1.165) is 5.56 Å². The lowest BCUT2D eigenvalue weighted by molar-refractivity contribution is -0.138. The van der Waals surface area contributed by atoms with Crippen LogP contribution in [-0.2, 0) is 9.53 Å². The van der Waals surface area contributed by atoms with E-state index in [-0.39, 0.29) is 5.97 Å². The van der Waals surface area contributed by atoms with Gasteiger partial charge < -0.3 is 10.5 Å². The van der Waals surface area contributed by atoms with E-state index in [9.17, 15) is 4.79 Å².